The molecule has 1 N–H and O–H groups in total. The van der Waals surface area contributed by atoms with E-state index in [0.717, 1.165) is 73.1 Å². The molecule has 3 aromatic rings. The van der Waals surface area contributed by atoms with Crippen LogP contribution in [0.5, 0.6) is 0 Å². The number of benzene rings is 1. The SMILES string of the molecule is C.CCC(=O)SSC(=O)NC.CN(C)C=NC1=NC(=S)CS1.Cc1nc(=O)ss1.Cc1nc(=S)ss1.O=C1CC(=O)SS1.O=C1SS(=O)(=O)c2ccccc21. The Hall–Kier alpha value is -1.37. The lowest BCUT2D eigenvalue weighted by atomic mass is 10.2. The smallest absolute Gasteiger partial charge is 0.337 e. The summed E-state index contributed by atoms with van der Waals surface area (Å²) >= 11 is 11.2. The fraction of sp³-hybridized carbons (Fsp3) is 0.357. The molecule has 55 heavy (non-hydrogen) atoms. The minimum Gasteiger partial charge on any atom is -0.369 e. The van der Waals surface area contributed by atoms with Gasteiger partial charge < -0.3 is 10.2 Å². The van der Waals surface area contributed by atoms with Crippen molar-refractivity contribution in [2.45, 2.75) is 45.9 Å². The number of amidine groups is 1. The van der Waals surface area contributed by atoms with Crippen molar-refractivity contribution in [2.75, 3.05) is 26.9 Å². The molecule has 2 aromatic heterocycles. The molecule has 3 aliphatic rings. The van der Waals surface area contributed by atoms with Crippen molar-refractivity contribution in [3.05, 3.63) is 53.5 Å². The molecule has 14 nitrogen and oxygen atoms in total. The quantitative estimate of drug-likeness (QED) is 0.0841. The van der Waals surface area contributed by atoms with E-state index >= 15 is 0 Å². The highest BCUT2D eigenvalue weighted by atomic mass is 33.1. The molecule has 0 unspecified atom stereocenters. The van der Waals surface area contributed by atoms with Gasteiger partial charge in [0.15, 0.2) is 14.2 Å². The average Bonchev–Trinajstić information content (AvgIpc) is 3.95. The van der Waals surface area contributed by atoms with E-state index in [4.69, 9.17) is 24.4 Å². The third-order valence-electron chi connectivity index (χ3n) is 4.69. The predicted octanol–water partition coefficient (Wildman–Crippen LogP) is 8.49. The van der Waals surface area contributed by atoms with Gasteiger partial charge in [0.05, 0.1) is 34.2 Å². The number of thioether (sulfide) groups is 1. The molecule has 0 saturated carbocycles. The van der Waals surface area contributed by atoms with E-state index in [1.807, 2.05) is 32.8 Å². The minimum absolute atomic E-state index is 0. The van der Waals surface area contributed by atoms with Gasteiger partial charge in [-0.3, -0.25) is 28.8 Å². The number of hydrogen-bond donors (Lipinski definition) is 1. The molecule has 1 aromatic carbocycles. The van der Waals surface area contributed by atoms with Crippen molar-refractivity contribution in [3.8, 4) is 0 Å². The summed E-state index contributed by atoms with van der Waals surface area (Å²) in [4.78, 5) is 81.1. The van der Waals surface area contributed by atoms with Crippen LogP contribution in [0.2, 0.25) is 0 Å². The van der Waals surface area contributed by atoms with Crippen LogP contribution in [0.15, 0.2) is 43.9 Å². The second-order valence-corrected chi connectivity index (χ2v) is 24.0. The van der Waals surface area contributed by atoms with Gasteiger partial charge in [0.2, 0.25) is 24.2 Å². The highest BCUT2D eigenvalue weighted by Gasteiger charge is 2.33. The fourth-order valence-corrected chi connectivity index (χ4v) is 12.6. The average molecular weight is 999 g/mol. The molecule has 0 bridgehead atoms. The standard InChI is InChI=1S/C7H4O3S2.C6H9N3S2.C5H9NO2S2.C3H3NOS2.C3H3NS3.C3H2O2S2.CH4/c8-7-5-3-1-2-4-6(5)12(9,10)11-7;1-9(2)4-7-6-8-5(10)3-11-6;1-3-4(7)9-10-5(8)6-2;2*1-2-4-3(5)7-6-2;4-2-1-3(5)7-6-2;/h1-4H;4H,3H2,1-2H3;3H2,1-2H3,(H,6,8);2*1H3;1H2;1H4. The maximum atomic E-state index is 11.2. The van der Waals surface area contributed by atoms with Gasteiger partial charge in [-0.05, 0) is 91.3 Å². The van der Waals surface area contributed by atoms with Gasteiger partial charge in [-0.1, -0.05) is 71.1 Å². The molecule has 0 atom stereocenters. The monoisotopic (exact) mass is 998 g/mol. The second-order valence-electron chi connectivity index (χ2n) is 9.25. The number of aliphatic imine (C=N–C) groups is 2. The lowest BCUT2D eigenvalue weighted by Crippen LogP contribution is -2.10. The number of carbonyl (C=O) groups is 5. The summed E-state index contributed by atoms with van der Waals surface area (Å²) < 4.78 is 23.2. The molecule has 1 saturated heterocycles. The molecular formula is C28H34N6O8S13. The van der Waals surface area contributed by atoms with Gasteiger partial charge >= 0.3 is 4.87 Å². The number of carbonyl (C=O) groups excluding carboxylic acids is 5. The maximum absolute atomic E-state index is 11.2. The summed E-state index contributed by atoms with van der Waals surface area (Å²) in [6, 6.07) is 6.23. The van der Waals surface area contributed by atoms with Crippen LogP contribution >= 0.6 is 132 Å². The van der Waals surface area contributed by atoms with Crippen LogP contribution in [0.4, 0.5) is 4.79 Å². The van der Waals surface area contributed by atoms with E-state index in [1.165, 1.54) is 39.9 Å². The molecule has 27 heteroatoms. The van der Waals surface area contributed by atoms with Gasteiger partial charge in [-0.25, -0.2) is 23.4 Å². The van der Waals surface area contributed by atoms with Crippen molar-refractivity contribution in [1.29, 1.82) is 0 Å². The summed E-state index contributed by atoms with van der Waals surface area (Å²) in [6.45, 7) is 5.54. The molecule has 0 aliphatic carbocycles. The zero-order chi connectivity index (χ0) is 40.8. The molecule has 1 fully saturated rings. The Morgan fingerprint density at radius 3 is 1.93 bits per heavy atom. The zero-order valence-electron chi connectivity index (χ0n) is 28.8. The number of thiocarbonyl (C=S) groups is 1. The van der Waals surface area contributed by atoms with Crippen LogP contribution in [0.3, 0.4) is 0 Å². The Bertz CT molecular complexity index is 1980. The van der Waals surface area contributed by atoms with Gasteiger partial charge in [-0.2, -0.15) is 4.98 Å². The van der Waals surface area contributed by atoms with Gasteiger partial charge in [0.1, 0.15) is 15.0 Å². The van der Waals surface area contributed by atoms with Crippen molar-refractivity contribution in [2.24, 2.45) is 9.98 Å². The number of rotatable bonds is 2. The Morgan fingerprint density at radius 1 is 0.964 bits per heavy atom. The predicted molar refractivity (Wildman–Crippen MR) is 248 cm³/mol. The van der Waals surface area contributed by atoms with E-state index in [0.29, 0.717) is 22.8 Å². The van der Waals surface area contributed by atoms with E-state index in [2.05, 4.69) is 25.3 Å². The third-order valence-corrected chi connectivity index (χ3v) is 18.2. The molecule has 5 heterocycles. The molecule has 1 amide bonds. The number of nitrogens with zero attached hydrogens (tertiary/aromatic N) is 5. The first kappa shape index (κ1) is 53.6. The zero-order valence-corrected chi connectivity index (χ0v) is 39.4. The molecule has 0 spiro atoms. The van der Waals surface area contributed by atoms with Crippen LogP contribution in [-0.4, -0.2) is 92.4 Å². The van der Waals surface area contributed by atoms with E-state index in [9.17, 15) is 37.2 Å². The number of hydrogen-bond acceptors (Lipinski definition) is 23. The van der Waals surface area contributed by atoms with Crippen LogP contribution in [0.25, 0.3) is 0 Å². The molecule has 6 rings (SSSR count). The summed E-state index contributed by atoms with van der Waals surface area (Å²) in [6.07, 6.45) is 2.31. The number of fused-ring (bicyclic) bond motifs is 1. The van der Waals surface area contributed by atoms with Crippen molar-refractivity contribution in [1.82, 2.24) is 20.2 Å². The van der Waals surface area contributed by atoms with Crippen molar-refractivity contribution in [3.63, 3.8) is 0 Å². The highest BCUT2D eigenvalue weighted by Crippen LogP contribution is 2.37. The summed E-state index contributed by atoms with van der Waals surface area (Å²) in [5.41, 5.74) is 0.294. The van der Waals surface area contributed by atoms with Crippen LogP contribution < -0.4 is 10.2 Å². The topological polar surface area (TPSA) is 202 Å². The lowest BCUT2D eigenvalue weighted by Gasteiger charge is -2.00. The Kier molecular flexibility index (Phi) is 28.2. The van der Waals surface area contributed by atoms with E-state index in [1.54, 1.807) is 57.8 Å². The fourth-order valence-electron chi connectivity index (χ4n) is 2.55. The van der Waals surface area contributed by atoms with Crippen LogP contribution in [0, 0.1) is 17.8 Å². The van der Waals surface area contributed by atoms with Gasteiger partial charge in [0.25, 0.3) is 5.24 Å². The lowest BCUT2D eigenvalue weighted by molar-refractivity contribution is -0.117. The molecule has 302 valence electrons. The summed E-state index contributed by atoms with van der Waals surface area (Å²) in [5.74, 6) is 0.801. The van der Waals surface area contributed by atoms with Crippen molar-refractivity contribution >= 4 is 183 Å². The Labute approximate surface area is 367 Å². The number of amides is 1. The van der Waals surface area contributed by atoms with E-state index < -0.39 is 8.87 Å². The van der Waals surface area contributed by atoms with Gasteiger partial charge in [0, 0.05) is 43.9 Å². The molecule has 0 radical (unpaired) electrons. The minimum atomic E-state index is -3.39. The number of aromatic nitrogens is 2. The first-order chi connectivity index (χ1) is 25.4. The molecular weight excluding hydrogens is 965 g/mol. The maximum Gasteiger partial charge on any atom is 0.337 e. The third kappa shape index (κ3) is 24.2. The Balaban J connectivity index is 0.000000643. The summed E-state index contributed by atoms with van der Waals surface area (Å²) in [5, 5.41) is 4.50. The first-order valence-corrected chi connectivity index (χ1v) is 27.5. The summed E-state index contributed by atoms with van der Waals surface area (Å²) in [7, 11) is 12.1. The van der Waals surface area contributed by atoms with Crippen LogP contribution in [-0.2, 0) is 23.3 Å². The number of nitrogens with one attached hydrogen (secondary N) is 1. The van der Waals surface area contributed by atoms with E-state index in [-0.39, 0.29) is 49.3 Å². The van der Waals surface area contributed by atoms with Gasteiger partial charge in [-0.15, -0.1) is 0 Å². The highest BCUT2D eigenvalue weighted by molar-refractivity contribution is 8.88. The van der Waals surface area contributed by atoms with Crippen LogP contribution in [0.1, 0.15) is 47.6 Å². The largest absolute Gasteiger partial charge is 0.369 e. The second kappa shape index (κ2) is 28.9. The molecule has 3 aliphatic heterocycles. The first-order valence-electron chi connectivity index (χ1n) is 14.3. The van der Waals surface area contributed by atoms with Crippen molar-refractivity contribution < 1.29 is 32.4 Å². The normalized spacial score (nSPS) is 14.4. The Morgan fingerprint density at radius 2 is 1.56 bits per heavy atom. The number of aryl methyl sites for hydroxylation is 2.